The molecular weight excluding hydrogens is 334 g/mol. The van der Waals surface area contributed by atoms with E-state index in [4.69, 9.17) is 4.74 Å². The Balaban J connectivity index is 2.11. The number of methoxy groups -OCH3 is 1. The van der Waals surface area contributed by atoms with Gasteiger partial charge >= 0.3 is 6.03 Å². The van der Waals surface area contributed by atoms with Crippen LogP contribution >= 0.6 is 0 Å². The summed E-state index contributed by atoms with van der Waals surface area (Å²) in [7, 11) is 1.58. The molecule has 142 valence electrons. The van der Waals surface area contributed by atoms with Gasteiger partial charge in [0.1, 0.15) is 0 Å². The number of urea groups is 1. The maximum Gasteiger partial charge on any atom is 0.321 e. The first-order chi connectivity index (χ1) is 12.5. The molecule has 0 bridgehead atoms. The van der Waals surface area contributed by atoms with Gasteiger partial charge in [-0.1, -0.05) is 13.8 Å². The lowest BCUT2D eigenvalue weighted by Crippen LogP contribution is -2.36. The minimum Gasteiger partial charge on any atom is -0.385 e. The Labute approximate surface area is 154 Å². The third-order valence-electron chi connectivity index (χ3n) is 4.23. The lowest BCUT2D eigenvalue weighted by molar-refractivity contribution is 0.0638. The molecule has 2 rings (SSSR count). The standard InChI is InChI=1S/C19H27N3O4/c1-4-9-21(10-5-2)19(25)20-14-7-8-15-16(13-14)18(24)22(17(15)23)11-6-12-26-3/h7-8,13H,4-6,9-12H2,1-3H3,(H,20,25). The monoisotopic (exact) mass is 361 g/mol. The summed E-state index contributed by atoms with van der Waals surface area (Å²) in [5.74, 6) is -0.617. The van der Waals surface area contributed by atoms with Gasteiger partial charge in [0.15, 0.2) is 0 Å². The first-order valence-corrected chi connectivity index (χ1v) is 9.08. The third kappa shape index (κ3) is 4.40. The molecule has 4 amide bonds. The number of hydrogen-bond donors (Lipinski definition) is 1. The van der Waals surface area contributed by atoms with Gasteiger partial charge in [-0.25, -0.2) is 4.79 Å². The Hall–Kier alpha value is -2.41. The molecule has 7 heteroatoms. The molecule has 26 heavy (non-hydrogen) atoms. The Morgan fingerprint density at radius 1 is 1.12 bits per heavy atom. The average molecular weight is 361 g/mol. The van der Waals surface area contributed by atoms with Gasteiger partial charge in [-0.05, 0) is 37.5 Å². The van der Waals surface area contributed by atoms with Crippen LogP contribution in [0.1, 0.15) is 53.8 Å². The van der Waals surface area contributed by atoms with Crippen LogP contribution < -0.4 is 5.32 Å². The van der Waals surface area contributed by atoms with Crippen molar-refractivity contribution < 1.29 is 19.1 Å². The van der Waals surface area contributed by atoms with Crippen molar-refractivity contribution >= 4 is 23.5 Å². The molecule has 0 aliphatic carbocycles. The molecule has 0 radical (unpaired) electrons. The van der Waals surface area contributed by atoms with Gasteiger partial charge in [0.05, 0.1) is 11.1 Å². The summed E-state index contributed by atoms with van der Waals surface area (Å²) in [5, 5.41) is 2.83. The molecule has 1 N–H and O–H groups in total. The number of imide groups is 1. The summed E-state index contributed by atoms with van der Waals surface area (Å²) in [6.45, 7) is 6.20. The number of anilines is 1. The first-order valence-electron chi connectivity index (χ1n) is 9.08. The molecule has 0 spiro atoms. The zero-order chi connectivity index (χ0) is 19.1. The summed E-state index contributed by atoms with van der Waals surface area (Å²) >= 11 is 0. The van der Waals surface area contributed by atoms with Crippen molar-refractivity contribution in [2.24, 2.45) is 0 Å². The fourth-order valence-electron chi connectivity index (χ4n) is 3.00. The van der Waals surface area contributed by atoms with Crippen LogP contribution in [0.4, 0.5) is 10.5 Å². The molecule has 1 aromatic carbocycles. The molecule has 1 heterocycles. The Kier molecular flexibility index (Phi) is 7.15. The number of rotatable bonds is 9. The zero-order valence-electron chi connectivity index (χ0n) is 15.7. The van der Waals surface area contributed by atoms with Gasteiger partial charge < -0.3 is 15.0 Å². The molecule has 0 aromatic heterocycles. The molecular formula is C19H27N3O4. The lowest BCUT2D eigenvalue weighted by Gasteiger charge is -2.22. The van der Waals surface area contributed by atoms with E-state index < -0.39 is 0 Å². The summed E-state index contributed by atoms with van der Waals surface area (Å²) in [6.07, 6.45) is 2.34. The number of hydrogen-bond acceptors (Lipinski definition) is 4. The van der Waals surface area contributed by atoms with Crippen molar-refractivity contribution in [1.82, 2.24) is 9.80 Å². The molecule has 7 nitrogen and oxygen atoms in total. The minimum absolute atomic E-state index is 0.192. The van der Waals surface area contributed by atoms with E-state index in [1.165, 1.54) is 4.90 Å². The summed E-state index contributed by atoms with van der Waals surface area (Å²) in [6, 6.07) is 4.66. The van der Waals surface area contributed by atoms with E-state index in [0.717, 1.165) is 12.8 Å². The molecule has 1 aliphatic rings. The smallest absolute Gasteiger partial charge is 0.321 e. The van der Waals surface area contributed by atoms with E-state index >= 15 is 0 Å². The Morgan fingerprint density at radius 3 is 2.38 bits per heavy atom. The molecule has 1 aliphatic heterocycles. The largest absolute Gasteiger partial charge is 0.385 e. The van der Waals surface area contributed by atoms with Crippen molar-refractivity contribution in [2.75, 3.05) is 38.7 Å². The first kappa shape index (κ1) is 19.9. The van der Waals surface area contributed by atoms with E-state index in [-0.39, 0.29) is 17.8 Å². The number of ether oxygens (including phenoxy) is 1. The predicted molar refractivity (Wildman–Crippen MR) is 99.5 cm³/mol. The molecule has 0 saturated carbocycles. The second-order valence-corrected chi connectivity index (χ2v) is 6.29. The minimum atomic E-state index is -0.323. The predicted octanol–water partition coefficient (Wildman–Crippen LogP) is 2.97. The van der Waals surface area contributed by atoms with Gasteiger partial charge in [0.25, 0.3) is 11.8 Å². The summed E-state index contributed by atoms with van der Waals surface area (Å²) < 4.78 is 4.97. The second kappa shape index (κ2) is 9.33. The summed E-state index contributed by atoms with van der Waals surface area (Å²) in [4.78, 5) is 40.3. The van der Waals surface area contributed by atoms with Crippen LogP contribution in [0.15, 0.2) is 18.2 Å². The highest BCUT2D eigenvalue weighted by molar-refractivity contribution is 6.21. The van der Waals surface area contributed by atoms with Crippen LogP contribution in [0.3, 0.4) is 0 Å². The van der Waals surface area contributed by atoms with E-state index in [9.17, 15) is 14.4 Å². The highest BCUT2D eigenvalue weighted by atomic mass is 16.5. The fraction of sp³-hybridized carbons (Fsp3) is 0.526. The van der Waals surface area contributed by atoms with Crippen LogP contribution in [-0.2, 0) is 4.74 Å². The van der Waals surface area contributed by atoms with Crippen molar-refractivity contribution in [3.05, 3.63) is 29.3 Å². The quantitative estimate of drug-likeness (QED) is 0.542. The normalized spacial score (nSPS) is 13.1. The van der Waals surface area contributed by atoms with E-state index in [1.54, 1.807) is 30.2 Å². The SMILES string of the molecule is CCCN(CCC)C(=O)Nc1ccc2c(c1)C(=O)N(CCCOC)C2=O. The topological polar surface area (TPSA) is 79.0 Å². The Bertz CT molecular complexity index is 669. The molecule has 0 atom stereocenters. The van der Waals surface area contributed by atoms with E-state index in [1.807, 2.05) is 13.8 Å². The number of amides is 4. The number of carbonyl (C=O) groups excluding carboxylic acids is 3. The van der Waals surface area contributed by atoms with Crippen LogP contribution in [0, 0.1) is 0 Å². The van der Waals surface area contributed by atoms with Crippen LogP contribution in [0.25, 0.3) is 0 Å². The van der Waals surface area contributed by atoms with E-state index in [0.29, 0.717) is 49.5 Å². The molecule has 1 aromatic rings. The van der Waals surface area contributed by atoms with Crippen molar-refractivity contribution in [3.63, 3.8) is 0 Å². The average Bonchev–Trinajstić information content (AvgIpc) is 2.86. The molecule has 0 fully saturated rings. The second-order valence-electron chi connectivity index (χ2n) is 6.29. The van der Waals surface area contributed by atoms with Crippen LogP contribution in [0.5, 0.6) is 0 Å². The van der Waals surface area contributed by atoms with Gasteiger partial charge in [-0.15, -0.1) is 0 Å². The number of nitrogens with zero attached hydrogens (tertiary/aromatic N) is 2. The summed E-state index contributed by atoms with van der Waals surface area (Å²) in [5.41, 5.74) is 1.23. The van der Waals surface area contributed by atoms with E-state index in [2.05, 4.69) is 5.32 Å². The molecule has 0 saturated heterocycles. The van der Waals surface area contributed by atoms with Gasteiger partial charge in [0.2, 0.25) is 0 Å². The highest BCUT2D eigenvalue weighted by Crippen LogP contribution is 2.26. The van der Waals surface area contributed by atoms with Crippen molar-refractivity contribution in [2.45, 2.75) is 33.1 Å². The number of carbonyl (C=O) groups is 3. The number of fused-ring (bicyclic) bond motifs is 1. The van der Waals surface area contributed by atoms with Crippen molar-refractivity contribution in [3.8, 4) is 0 Å². The van der Waals surface area contributed by atoms with Crippen LogP contribution in [-0.4, -0.2) is 61.0 Å². The third-order valence-corrected chi connectivity index (χ3v) is 4.23. The van der Waals surface area contributed by atoms with Gasteiger partial charge in [-0.2, -0.15) is 0 Å². The van der Waals surface area contributed by atoms with Crippen molar-refractivity contribution in [1.29, 1.82) is 0 Å². The Morgan fingerprint density at radius 2 is 1.77 bits per heavy atom. The highest BCUT2D eigenvalue weighted by Gasteiger charge is 2.35. The number of benzene rings is 1. The zero-order valence-corrected chi connectivity index (χ0v) is 15.7. The lowest BCUT2D eigenvalue weighted by atomic mass is 10.1. The fourth-order valence-corrected chi connectivity index (χ4v) is 3.00. The van der Waals surface area contributed by atoms with Gasteiger partial charge in [-0.3, -0.25) is 14.5 Å². The molecule has 0 unspecified atom stereocenters. The number of nitrogens with one attached hydrogen (secondary N) is 1. The maximum atomic E-state index is 12.5. The van der Waals surface area contributed by atoms with Crippen LogP contribution in [0.2, 0.25) is 0 Å². The van der Waals surface area contributed by atoms with Gasteiger partial charge in [0, 0.05) is 39.0 Å². The maximum absolute atomic E-state index is 12.5.